The molecule has 0 aliphatic rings. The molecule has 5 nitrogen and oxygen atoms in total. The van der Waals surface area contributed by atoms with Crippen LogP contribution >= 0.6 is 0 Å². The van der Waals surface area contributed by atoms with Gasteiger partial charge in [-0.15, -0.1) is 0 Å². The molecule has 118 valence electrons. The largest absolute Gasteiger partial charge is 0.493 e. The molecule has 0 fully saturated rings. The lowest BCUT2D eigenvalue weighted by molar-refractivity contribution is -0.127. The summed E-state index contributed by atoms with van der Waals surface area (Å²) in [7, 11) is 1.52. The second-order valence-electron chi connectivity index (χ2n) is 5.38. The Morgan fingerprint density at radius 3 is 2.57 bits per heavy atom. The molecular weight excluding hydrogens is 270 g/mol. The van der Waals surface area contributed by atoms with Crippen molar-refractivity contribution < 1.29 is 19.4 Å². The predicted molar refractivity (Wildman–Crippen MR) is 81.5 cm³/mol. The lowest BCUT2D eigenvalue weighted by Crippen LogP contribution is -2.37. The zero-order chi connectivity index (χ0) is 15.8. The first-order chi connectivity index (χ1) is 9.97. The number of methoxy groups -OCH3 is 1. The van der Waals surface area contributed by atoms with Crippen LogP contribution in [0.3, 0.4) is 0 Å². The van der Waals surface area contributed by atoms with Crippen LogP contribution in [-0.4, -0.2) is 30.8 Å². The third-order valence-electron chi connectivity index (χ3n) is 3.10. The molecule has 21 heavy (non-hydrogen) atoms. The van der Waals surface area contributed by atoms with E-state index < -0.39 is 6.10 Å². The Morgan fingerprint density at radius 2 is 2.00 bits per heavy atom. The molecule has 1 aromatic carbocycles. The van der Waals surface area contributed by atoms with E-state index in [0.29, 0.717) is 24.0 Å². The highest BCUT2D eigenvalue weighted by Crippen LogP contribution is 2.29. The van der Waals surface area contributed by atoms with Crippen molar-refractivity contribution in [2.45, 2.75) is 39.9 Å². The van der Waals surface area contributed by atoms with Crippen molar-refractivity contribution >= 4 is 5.91 Å². The monoisotopic (exact) mass is 295 g/mol. The molecule has 0 saturated heterocycles. The Kier molecular flexibility index (Phi) is 7.02. The van der Waals surface area contributed by atoms with E-state index in [9.17, 15) is 4.79 Å². The molecule has 1 aromatic rings. The zero-order valence-electron chi connectivity index (χ0n) is 13.2. The van der Waals surface area contributed by atoms with Crippen molar-refractivity contribution in [3.8, 4) is 11.5 Å². The summed E-state index contributed by atoms with van der Waals surface area (Å²) in [5.41, 5.74) is 0.730. The van der Waals surface area contributed by atoms with Crippen molar-refractivity contribution in [2.75, 3.05) is 13.7 Å². The van der Waals surface area contributed by atoms with Gasteiger partial charge in [0.15, 0.2) is 17.6 Å². The number of carbonyl (C=O) groups is 1. The predicted octanol–water partition coefficient (Wildman–Crippen LogP) is 2.12. The number of aliphatic hydroxyl groups excluding tert-OH is 1. The smallest absolute Gasteiger partial charge is 0.260 e. The maximum absolute atomic E-state index is 11.9. The van der Waals surface area contributed by atoms with Crippen LogP contribution in [0.4, 0.5) is 0 Å². The van der Waals surface area contributed by atoms with Gasteiger partial charge >= 0.3 is 0 Å². The molecule has 0 aromatic heterocycles. The molecule has 0 heterocycles. The minimum atomic E-state index is -0.606. The molecule has 0 saturated carbocycles. The zero-order valence-corrected chi connectivity index (χ0v) is 13.2. The van der Waals surface area contributed by atoms with E-state index in [-0.39, 0.29) is 12.5 Å². The molecule has 1 unspecified atom stereocenters. The third kappa shape index (κ3) is 5.63. The maximum Gasteiger partial charge on any atom is 0.260 e. The number of benzene rings is 1. The van der Waals surface area contributed by atoms with Gasteiger partial charge in [0.05, 0.1) is 13.7 Å². The molecule has 0 aliphatic carbocycles. The SMILES string of the molecule is COc1cc(CO)ccc1OC(C)C(=O)NCCC(C)C. The molecule has 0 spiro atoms. The highest BCUT2D eigenvalue weighted by molar-refractivity contribution is 5.80. The molecule has 0 bridgehead atoms. The van der Waals surface area contributed by atoms with Crippen LogP contribution in [0.25, 0.3) is 0 Å². The van der Waals surface area contributed by atoms with Crippen molar-refractivity contribution in [2.24, 2.45) is 5.92 Å². The Labute approximate surface area is 126 Å². The number of hydrogen-bond acceptors (Lipinski definition) is 4. The lowest BCUT2D eigenvalue weighted by Gasteiger charge is -2.17. The fourth-order valence-corrected chi connectivity index (χ4v) is 1.78. The Balaban J connectivity index is 2.61. The normalized spacial score (nSPS) is 12.1. The van der Waals surface area contributed by atoms with E-state index in [2.05, 4.69) is 19.2 Å². The highest BCUT2D eigenvalue weighted by Gasteiger charge is 2.16. The summed E-state index contributed by atoms with van der Waals surface area (Å²) >= 11 is 0. The summed E-state index contributed by atoms with van der Waals surface area (Å²) in [6.45, 7) is 6.50. The van der Waals surface area contributed by atoms with Gasteiger partial charge in [-0.25, -0.2) is 0 Å². The molecule has 1 amide bonds. The Morgan fingerprint density at radius 1 is 1.29 bits per heavy atom. The number of ether oxygens (including phenoxy) is 2. The number of nitrogens with one attached hydrogen (secondary N) is 1. The summed E-state index contributed by atoms with van der Waals surface area (Å²) in [6.07, 6.45) is 0.332. The standard InChI is InChI=1S/C16H25NO4/c1-11(2)7-8-17-16(19)12(3)21-14-6-5-13(10-18)9-15(14)20-4/h5-6,9,11-12,18H,7-8,10H2,1-4H3,(H,17,19). The van der Waals surface area contributed by atoms with Gasteiger partial charge < -0.3 is 19.9 Å². The summed E-state index contributed by atoms with van der Waals surface area (Å²) in [6, 6.07) is 5.13. The maximum atomic E-state index is 11.9. The Bertz CT molecular complexity index is 460. The van der Waals surface area contributed by atoms with E-state index in [1.54, 1.807) is 25.1 Å². The first-order valence-electron chi connectivity index (χ1n) is 7.20. The van der Waals surface area contributed by atoms with Crippen LogP contribution in [0.5, 0.6) is 11.5 Å². The summed E-state index contributed by atoms with van der Waals surface area (Å²) in [4.78, 5) is 11.9. The van der Waals surface area contributed by atoms with Crippen LogP contribution in [0.15, 0.2) is 18.2 Å². The van der Waals surface area contributed by atoms with Gasteiger partial charge in [-0.2, -0.15) is 0 Å². The van der Waals surface area contributed by atoms with Gasteiger partial charge in [-0.1, -0.05) is 19.9 Å². The Hall–Kier alpha value is -1.75. The highest BCUT2D eigenvalue weighted by atomic mass is 16.5. The van der Waals surface area contributed by atoms with Gasteiger partial charge in [0.1, 0.15) is 0 Å². The summed E-state index contributed by atoms with van der Waals surface area (Å²) < 4.78 is 10.8. The fourth-order valence-electron chi connectivity index (χ4n) is 1.78. The average Bonchev–Trinajstić information content (AvgIpc) is 2.46. The molecule has 2 N–H and O–H groups in total. The second-order valence-corrected chi connectivity index (χ2v) is 5.38. The van der Waals surface area contributed by atoms with Gasteiger partial charge in [0, 0.05) is 6.54 Å². The van der Waals surface area contributed by atoms with Crippen LogP contribution in [0.2, 0.25) is 0 Å². The molecule has 1 rings (SSSR count). The van der Waals surface area contributed by atoms with Crippen molar-refractivity contribution in [3.63, 3.8) is 0 Å². The number of amides is 1. The molecular formula is C16H25NO4. The van der Waals surface area contributed by atoms with Gasteiger partial charge in [0.25, 0.3) is 5.91 Å². The summed E-state index contributed by atoms with van der Waals surface area (Å²) in [5, 5.41) is 11.9. The van der Waals surface area contributed by atoms with Crippen LogP contribution < -0.4 is 14.8 Å². The lowest BCUT2D eigenvalue weighted by atomic mass is 10.1. The van der Waals surface area contributed by atoms with E-state index >= 15 is 0 Å². The van der Waals surface area contributed by atoms with E-state index in [1.165, 1.54) is 7.11 Å². The molecule has 0 aliphatic heterocycles. The first kappa shape index (κ1) is 17.3. The average molecular weight is 295 g/mol. The number of carbonyl (C=O) groups excluding carboxylic acids is 1. The van der Waals surface area contributed by atoms with Crippen LogP contribution in [0.1, 0.15) is 32.8 Å². The number of rotatable bonds is 8. The minimum absolute atomic E-state index is 0.0676. The van der Waals surface area contributed by atoms with E-state index in [1.807, 2.05) is 0 Å². The van der Waals surface area contributed by atoms with Crippen LogP contribution in [-0.2, 0) is 11.4 Å². The number of aliphatic hydroxyl groups is 1. The molecule has 5 heteroatoms. The topological polar surface area (TPSA) is 67.8 Å². The van der Waals surface area contributed by atoms with Gasteiger partial charge in [-0.05, 0) is 37.0 Å². The quantitative estimate of drug-likeness (QED) is 0.771. The van der Waals surface area contributed by atoms with E-state index in [0.717, 1.165) is 12.0 Å². The molecule has 1 atom stereocenters. The van der Waals surface area contributed by atoms with Crippen molar-refractivity contribution in [3.05, 3.63) is 23.8 Å². The first-order valence-corrected chi connectivity index (χ1v) is 7.20. The minimum Gasteiger partial charge on any atom is -0.493 e. The van der Waals surface area contributed by atoms with Gasteiger partial charge in [0.2, 0.25) is 0 Å². The molecule has 0 radical (unpaired) electrons. The van der Waals surface area contributed by atoms with Crippen molar-refractivity contribution in [1.82, 2.24) is 5.32 Å². The summed E-state index contributed by atoms with van der Waals surface area (Å²) in [5.74, 6) is 1.39. The third-order valence-corrected chi connectivity index (χ3v) is 3.10. The van der Waals surface area contributed by atoms with Crippen molar-refractivity contribution in [1.29, 1.82) is 0 Å². The van der Waals surface area contributed by atoms with Crippen LogP contribution in [0, 0.1) is 5.92 Å². The van der Waals surface area contributed by atoms with E-state index in [4.69, 9.17) is 14.6 Å². The fraction of sp³-hybridized carbons (Fsp3) is 0.562. The van der Waals surface area contributed by atoms with Gasteiger partial charge in [-0.3, -0.25) is 4.79 Å². The number of hydrogen-bond donors (Lipinski definition) is 2. The second kappa shape index (κ2) is 8.52.